The molecule has 2 aliphatic rings. The molecule has 1 aliphatic heterocycles. The van der Waals surface area contributed by atoms with Crippen molar-refractivity contribution in [2.45, 2.75) is 38.1 Å². The smallest absolute Gasteiger partial charge is 0.254 e. The zero-order chi connectivity index (χ0) is 19.5. The van der Waals surface area contributed by atoms with Crippen LogP contribution in [0.5, 0.6) is 0 Å². The third-order valence-corrected chi connectivity index (χ3v) is 6.46. The molecule has 5 nitrogen and oxygen atoms in total. The highest BCUT2D eigenvalue weighted by atomic mass is 16.2. The predicted molar refractivity (Wildman–Crippen MR) is 111 cm³/mol. The predicted octanol–water partition coefficient (Wildman–Crippen LogP) is 2.94. The van der Waals surface area contributed by atoms with E-state index in [2.05, 4.69) is 5.32 Å². The SMILES string of the molecule is NCC1CCCC1NC(=O)C1CCN(C(=O)c2cccc3ccccc23)CC1. The number of benzene rings is 2. The summed E-state index contributed by atoms with van der Waals surface area (Å²) >= 11 is 0. The second-order valence-electron chi connectivity index (χ2n) is 8.13. The lowest BCUT2D eigenvalue weighted by atomic mass is 9.93. The van der Waals surface area contributed by atoms with Crippen molar-refractivity contribution in [3.05, 3.63) is 48.0 Å². The summed E-state index contributed by atoms with van der Waals surface area (Å²) in [5, 5.41) is 5.29. The highest BCUT2D eigenvalue weighted by Gasteiger charge is 2.32. The molecule has 0 aromatic heterocycles. The summed E-state index contributed by atoms with van der Waals surface area (Å²) in [7, 11) is 0. The summed E-state index contributed by atoms with van der Waals surface area (Å²) in [5.41, 5.74) is 6.58. The summed E-state index contributed by atoms with van der Waals surface area (Å²) in [5.74, 6) is 0.616. The zero-order valence-electron chi connectivity index (χ0n) is 16.3. The van der Waals surface area contributed by atoms with Crippen LogP contribution in [-0.2, 0) is 4.79 Å². The standard InChI is InChI=1S/C23H29N3O2/c24-15-18-7-4-10-21(18)25-22(27)17-11-13-26(14-12-17)23(28)20-9-3-6-16-5-1-2-8-19(16)20/h1-3,5-6,8-9,17-18,21H,4,7,10-15,24H2,(H,25,27). The molecule has 2 amide bonds. The number of piperidine rings is 1. The highest BCUT2D eigenvalue weighted by Crippen LogP contribution is 2.27. The van der Waals surface area contributed by atoms with Gasteiger partial charge in [0.1, 0.15) is 0 Å². The van der Waals surface area contributed by atoms with E-state index in [0.717, 1.165) is 48.4 Å². The molecule has 2 aromatic carbocycles. The molecule has 0 spiro atoms. The third kappa shape index (κ3) is 3.76. The Bertz CT molecular complexity index is 853. The van der Waals surface area contributed by atoms with Gasteiger partial charge in [-0.2, -0.15) is 0 Å². The van der Waals surface area contributed by atoms with E-state index in [-0.39, 0.29) is 23.8 Å². The van der Waals surface area contributed by atoms with E-state index in [1.807, 2.05) is 47.4 Å². The number of amides is 2. The zero-order valence-corrected chi connectivity index (χ0v) is 16.3. The Morgan fingerprint density at radius 2 is 1.75 bits per heavy atom. The Labute approximate surface area is 166 Å². The van der Waals surface area contributed by atoms with E-state index in [1.165, 1.54) is 0 Å². The van der Waals surface area contributed by atoms with Gasteiger partial charge in [-0.15, -0.1) is 0 Å². The van der Waals surface area contributed by atoms with Gasteiger partial charge in [0.25, 0.3) is 5.91 Å². The molecular weight excluding hydrogens is 350 g/mol. The number of nitrogens with one attached hydrogen (secondary N) is 1. The van der Waals surface area contributed by atoms with Gasteiger partial charge >= 0.3 is 0 Å². The van der Waals surface area contributed by atoms with Gasteiger partial charge < -0.3 is 16.0 Å². The van der Waals surface area contributed by atoms with E-state index in [1.54, 1.807) is 0 Å². The first-order valence-corrected chi connectivity index (χ1v) is 10.4. The molecule has 1 saturated heterocycles. The Balaban J connectivity index is 1.37. The molecule has 3 N–H and O–H groups in total. The number of fused-ring (bicyclic) bond motifs is 1. The minimum absolute atomic E-state index is 0.00408. The van der Waals surface area contributed by atoms with Gasteiger partial charge in [-0.25, -0.2) is 0 Å². The van der Waals surface area contributed by atoms with Crippen LogP contribution in [0.3, 0.4) is 0 Å². The summed E-state index contributed by atoms with van der Waals surface area (Å²) in [4.78, 5) is 27.6. The van der Waals surface area contributed by atoms with Gasteiger partial charge in [0.15, 0.2) is 0 Å². The maximum atomic E-state index is 13.1. The molecule has 5 heteroatoms. The van der Waals surface area contributed by atoms with Crippen molar-refractivity contribution in [3.8, 4) is 0 Å². The van der Waals surface area contributed by atoms with Crippen LogP contribution in [0.15, 0.2) is 42.5 Å². The maximum Gasteiger partial charge on any atom is 0.254 e. The fourth-order valence-electron chi connectivity index (χ4n) is 4.74. The van der Waals surface area contributed by atoms with E-state index in [0.29, 0.717) is 25.6 Å². The Morgan fingerprint density at radius 3 is 2.54 bits per heavy atom. The van der Waals surface area contributed by atoms with Crippen LogP contribution < -0.4 is 11.1 Å². The molecule has 2 atom stereocenters. The van der Waals surface area contributed by atoms with Crippen LogP contribution >= 0.6 is 0 Å². The van der Waals surface area contributed by atoms with Crippen molar-refractivity contribution in [2.24, 2.45) is 17.6 Å². The number of nitrogens with two attached hydrogens (primary N) is 1. The molecule has 2 fully saturated rings. The van der Waals surface area contributed by atoms with Crippen LogP contribution in [0.2, 0.25) is 0 Å². The molecule has 0 radical (unpaired) electrons. The topological polar surface area (TPSA) is 75.4 Å². The fraction of sp³-hybridized carbons (Fsp3) is 0.478. The monoisotopic (exact) mass is 379 g/mol. The summed E-state index contributed by atoms with van der Waals surface area (Å²) < 4.78 is 0. The molecule has 28 heavy (non-hydrogen) atoms. The van der Waals surface area contributed by atoms with Crippen LogP contribution in [0.25, 0.3) is 10.8 Å². The minimum Gasteiger partial charge on any atom is -0.353 e. The molecule has 2 aromatic rings. The lowest BCUT2D eigenvalue weighted by molar-refractivity contribution is -0.127. The van der Waals surface area contributed by atoms with Crippen LogP contribution in [0.4, 0.5) is 0 Å². The van der Waals surface area contributed by atoms with Gasteiger partial charge in [-0.3, -0.25) is 9.59 Å². The number of nitrogens with zero attached hydrogens (tertiary/aromatic N) is 1. The van der Waals surface area contributed by atoms with Gasteiger partial charge in [-0.1, -0.05) is 42.8 Å². The van der Waals surface area contributed by atoms with Crippen molar-refractivity contribution in [1.29, 1.82) is 0 Å². The molecule has 0 bridgehead atoms. The second kappa shape index (κ2) is 8.31. The third-order valence-electron chi connectivity index (χ3n) is 6.46. The Kier molecular flexibility index (Phi) is 5.62. The second-order valence-corrected chi connectivity index (χ2v) is 8.13. The summed E-state index contributed by atoms with van der Waals surface area (Å²) in [6.45, 7) is 1.90. The molecule has 1 saturated carbocycles. The Hall–Kier alpha value is -2.40. The van der Waals surface area contributed by atoms with Gasteiger partial charge in [-0.05, 0) is 55.0 Å². The van der Waals surface area contributed by atoms with Gasteiger partial charge in [0.2, 0.25) is 5.91 Å². The highest BCUT2D eigenvalue weighted by molar-refractivity contribution is 6.07. The number of likely N-dealkylation sites (tertiary alicyclic amines) is 1. The Morgan fingerprint density at radius 1 is 1.00 bits per heavy atom. The van der Waals surface area contributed by atoms with E-state index < -0.39 is 0 Å². The van der Waals surface area contributed by atoms with E-state index in [9.17, 15) is 9.59 Å². The maximum absolute atomic E-state index is 13.1. The molecule has 148 valence electrons. The number of carbonyl (C=O) groups is 2. The lowest BCUT2D eigenvalue weighted by Crippen LogP contribution is -2.47. The summed E-state index contributed by atoms with van der Waals surface area (Å²) in [6, 6.07) is 14.1. The number of rotatable bonds is 4. The first-order valence-electron chi connectivity index (χ1n) is 10.4. The van der Waals surface area contributed by atoms with Crippen molar-refractivity contribution >= 4 is 22.6 Å². The number of carbonyl (C=O) groups excluding carboxylic acids is 2. The average molecular weight is 380 g/mol. The first kappa shape index (κ1) is 18.9. The fourth-order valence-corrected chi connectivity index (χ4v) is 4.74. The molecule has 2 unspecified atom stereocenters. The van der Waals surface area contributed by atoms with Crippen molar-refractivity contribution in [1.82, 2.24) is 10.2 Å². The molecule has 4 rings (SSSR count). The van der Waals surface area contributed by atoms with E-state index in [4.69, 9.17) is 5.73 Å². The minimum atomic E-state index is -0.00408. The number of hydrogen-bond donors (Lipinski definition) is 2. The molecule has 1 heterocycles. The van der Waals surface area contributed by atoms with Crippen molar-refractivity contribution < 1.29 is 9.59 Å². The molecular formula is C23H29N3O2. The normalized spacial score (nSPS) is 23.1. The average Bonchev–Trinajstić information content (AvgIpc) is 3.20. The van der Waals surface area contributed by atoms with Gasteiger partial charge in [0.05, 0.1) is 0 Å². The van der Waals surface area contributed by atoms with Gasteiger partial charge in [0, 0.05) is 30.6 Å². The first-order chi connectivity index (χ1) is 13.7. The largest absolute Gasteiger partial charge is 0.353 e. The van der Waals surface area contributed by atoms with Crippen LogP contribution in [0, 0.1) is 11.8 Å². The van der Waals surface area contributed by atoms with E-state index >= 15 is 0 Å². The lowest BCUT2D eigenvalue weighted by Gasteiger charge is -2.32. The van der Waals surface area contributed by atoms with Crippen molar-refractivity contribution in [3.63, 3.8) is 0 Å². The molecule has 1 aliphatic carbocycles. The summed E-state index contributed by atoms with van der Waals surface area (Å²) in [6.07, 6.45) is 4.74. The van der Waals surface area contributed by atoms with Crippen LogP contribution in [-0.4, -0.2) is 42.4 Å². The van der Waals surface area contributed by atoms with Crippen LogP contribution in [0.1, 0.15) is 42.5 Å². The quantitative estimate of drug-likeness (QED) is 0.858. The van der Waals surface area contributed by atoms with Crippen molar-refractivity contribution in [2.75, 3.05) is 19.6 Å². The number of hydrogen-bond acceptors (Lipinski definition) is 3.